The second-order valence-electron chi connectivity index (χ2n) is 6.67. The van der Waals surface area contributed by atoms with E-state index in [1.54, 1.807) is 31.3 Å². The molecule has 1 N–H and O–H groups in total. The number of benzene rings is 2. The molecule has 0 bridgehead atoms. The molecule has 1 atom stereocenters. The van der Waals surface area contributed by atoms with Crippen LogP contribution in [0.3, 0.4) is 0 Å². The molecule has 2 amide bonds. The van der Waals surface area contributed by atoms with Crippen LogP contribution in [0.2, 0.25) is 0 Å². The maximum Gasteiger partial charge on any atom is 0.303 e. The number of nitrogens with zero attached hydrogens (tertiary/aromatic N) is 2. The van der Waals surface area contributed by atoms with Crippen molar-refractivity contribution in [2.75, 3.05) is 4.90 Å². The number of aryl methyl sites for hydroxylation is 1. The van der Waals surface area contributed by atoms with Crippen LogP contribution in [0.25, 0.3) is 0 Å². The quantitative estimate of drug-likeness (QED) is 0.647. The van der Waals surface area contributed by atoms with Gasteiger partial charge in [-0.1, -0.05) is 60.7 Å². The van der Waals surface area contributed by atoms with Crippen molar-refractivity contribution in [3.05, 3.63) is 100 Å². The number of aromatic nitrogens is 1. The summed E-state index contributed by atoms with van der Waals surface area (Å²) in [6.45, 7) is 0.300. The lowest BCUT2D eigenvalue weighted by atomic mass is 10.0. The Labute approximate surface area is 174 Å². The van der Waals surface area contributed by atoms with E-state index < -0.39 is 11.9 Å². The lowest BCUT2D eigenvalue weighted by molar-refractivity contribution is -0.125. The summed E-state index contributed by atoms with van der Waals surface area (Å²) in [7, 11) is 1.57. The number of nitrogens with one attached hydrogen (secondary N) is 1. The van der Waals surface area contributed by atoms with Crippen LogP contribution in [0.15, 0.2) is 83.8 Å². The fourth-order valence-corrected chi connectivity index (χ4v) is 3.11. The van der Waals surface area contributed by atoms with E-state index in [1.807, 2.05) is 36.4 Å². The molecule has 30 heavy (non-hydrogen) atoms. The SMILES string of the molecule is C#CC(=O)N(c1ccc(=O)n(C)c1)C(C(=O)NCc1ccccc1)c1ccccc1. The van der Waals surface area contributed by atoms with Gasteiger partial charge >= 0.3 is 5.91 Å². The number of hydrogen-bond acceptors (Lipinski definition) is 3. The maximum absolute atomic E-state index is 13.3. The highest BCUT2D eigenvalue weighted by molar-refractivity contribution is 6.09. The van der Waals surface area contributed by atoms with Crippen LogP contribution < -0.4 is 15.8 Å². The highest BCUT2D eigenvalue weighted by Crippen LogP contribution is 2.27. The smallest absolute Gasteiger partial charge is 0.303 e. The van der Waals surface area contributed by atoms with Crippen LogP contribution >= 0.6 is 0 Å². The molecule has 0 aliphatic heterocycles. The van der Waals surface area contributed by atoms with Crippen LogP contribution in [0.4, 0.5) is 5.69 Å². The zero-order chi connectivity index (χ0) is 21.5. The molecule has 1 unspecified atom stereocenters. The van der Waals surface area contributed by atoms with Gasteiger partial charge in [0.15, 0.2) is 0 Å². The van der Waals surface area contributed by atoms with E-state index in [-0.39, 0.29) is 11.5 Å². The summed E-state index contributed by atoms with van der Waals surface area (Å²) < 4.78 is 1.33. The summed E-state index contributed by atoms with van der Waals surface area (Å²) in [4.78, 5) is 39.0. The lowest BCUT2D eigenvalue weighted by Gasteiger charge is -2.30. The Morgan fingerprint density at radius 3 is 2.27 bits per heavy atom. The molecular formula is C24H21N3O3. The molecule has 2 aromatic carbocycles. The van der Waals surface area contributed by atoms with Gasteiger partial charge in [-0.05, 0) is 23.1 Å². The van der Waals surface area contributed by atoms with Gasteiger partial charge in [-0.25, -0.2) is 0 Å². The minimum atomic E-state index is -1.00. The van der Waals surface area contributed by atoms with Gasteiger partial charge in [-0.15, -0.1) is 6.42 Å². The minimum Gasteiger partial charge on any atom is -0.350 e. The van der Waals surface area contributed by atoms with Crippen molar-refractivity contribution in [2.45, 2.75) is 12.6 Å². The highest BCUT2D eigenvalue weighted by atomic mass is 16.2. The number of rotatable bonds is 6. The lowest BCUT2D eigenvalue weighted by Crippen LogP contribution is -2.43. The average Bonchev–Trinajstić information content (AvgIpc) is 2.78. The summed E-state index contributed by atoms with van der Waals surface area (Å²) in [5.74, 6) is 1.03. The van der Waals surface area contributed by atoms with Crippen LogP contribution in [0.5, 0.6) is 0 Å². The number of anilines is 1. The first-order chi connectivity index (χ1) is 14.5. The van der Waals surface area contributed by atoms with Gasteiger partial charge in [0, 0.05) is 25.9 Å². The van der Waals surface area contributed by atoms with Crippen LogP contribution in [-0.2, 0) is 23.2 Å². The fourth-order valence-electron chi connectivity index (χ4n) is 3.11. The molecule has 3 aromatic rings. The van der Waals surface area contributed by atoms with Crippen molar-refractivity contribution in [1.29, 1.82) is 0 Å². The Kier molecular flexibility index (Phi) is 6.46. The normalized spacial score (nSPS) is 11.2. The summed E-state index contributed by atoms with van der Waals surface area (Å²) in [5, 5.41) is 2.88. The molecular weight excluding hydrogens is 378 g/mol. The molecule has 6 heteroatoms. The van der Waals surface area contributed by atoms with E-state index in [1.165, 1.54) is 27.8 Å². The van der Waals surface area contributed by atoms with Crippen molar-refractivity contribution in [3.63, 3.8) is 0 Å². The van der Waals surface area contributed by atoms with Crippen LogP contribution in [-0.4, -0.2) is 16.4 Å². The molecule has 3 rings (SSSR count). The van der Waals surface area contributed by atoms with Gasteiger partial charge in [-0.3, -0.25) is 19.3 Å². The van der Waals surface area contributed by atoms with Gasteiger partial charge in [0.25, 0.3) is 0 Å². The van der Waals surface area contributed by atoms with Crippen molar-refractivity contribution in [3.8, 4) is 12.3 Å². The Hall–Kier alpha value is -4.11. The minimum absolute atomic E-state index is 0.239. The highest BCUT2D eigenvalue weighted by Gasteiger charge is 2.32. The molecule has 0 aliphatic rings. The molecule has 150 valence electrons. The predicted molar refractivity (Wildman–Crippen MR) is 115 cm³/mol. The van der Waals surface area contributed by atoms with Crippen LogP contribution in [0.1, 0.15) is 17.2 Å². The topological polar surface area (TPSA) is 71.4 Å². The average molecular weight is 399 g/mol. The van der Waals surface area contributed by atoms with E-state index in [0.717, 1.165) is 5.56 Å². The van der Waals surface area contributed by atoms with Gasteiger partial charge in [0.2, 0.25) is 11.5 Å². The van der Waals surface area contributed by atoms with E-state index in [2.05, 4.69) is 11.2 Å². The second kappa shape index (κ2) is 9.39. The number of pyridine rings is 1. The molecule has 0 radical (unpaired) electrons. The van der Waals surface area contributed by atoms with Crippen molar-refractivity contribution < 1.29 is 9.59 Å². The zero-order valence-corrected chi connectivity index (χ0v) is 16.5. The Bertz CT molecular complexity index is 1130. The van der Waals surface area contributed by atoms with Crippen molar-refractivity contribution >= 4 is 17.5 Å². The maximum atomic E-state index is 13.3. The third-order valence-corrected chi connectivity index (χ3v) is 4.62. The molecule has 0 saturated carbocycles. The number of terminal acetylenes is 1. The number of amides is 2. The second-order valence-corrected chi connectivity index (χ2v) is 6.67. The first kappa shape index (κ1) is 20.6. The van der Waals surface area contributed by atoms with Crippen LogP contribution in [0, 0.1) is 12.3 Å². The molecule has 1 heterocycles. The summed E-state index contributed by atoms with van der Waals surface area (Å²) in [6, 6.07) is 20.2. The fraction of sp³-hybridized carbons (Fsp3) is 0.125. The first-order valence-corrected chi connectivity index (χ1v) is 9.34. The molecule has 0 saturated heterocycles. The molecule has 0 fully saturated rings. The number of carbonyl (C=O) groups excluding carboxylic acids is 2. The largest absolute Gasteiger partial charge is 0.350 e. The molecule has 1 aromatic heterocycles. The van der Waals surface area contributed by atoms with Gasteiger partial charge < -0.3 is 9.88 Å². The number of hydrogen-bond donors (Lipinski definition) is 1. The predicted octanol–water partition coefficient (Wildman–Crippen LogP) is 2.41. The third kappa shape index (κ3) is 4.65. The Balaban J connectivity index is 2.02. The summed E-state index contributed by atoms with van der Waals surface area (Å²) in [6.07, 6.45) is 6.90. The molecule has 6 nitrogen and oxygen atoms in total. The molecule has 0 spiro atoms. The third-order valence-electron chi connectivity index (χ3n) is 4.62. The Morgan fingerprint density at radius 1 is 1.03 bits per heavy atom. The van der Waals surface area contributed by atoms with Gasteiger partial charge in [0.1, 0.15) is 6.04 Å². The zero-order valence-electron chi connectivity index (χ0n) is 16.5. The monoisotopic (exact) mass is 399 g/mol. The Morgan fingerprint density at radius 2 is 1.67 bits per heavy atom. The first-order valence-electron chi connectivity index (χ1n) is 9.34. The van der Waals surface area contributed by atoms with Crippen molar-refractivity contribution in [1.82, 2.24) is 9.88 Å². The van der Waals surface area contributed by atoms with E-state index >= 15 is 0 Å². The summed E-state index contributed by atoms with van der Waals surface area (Å²) >= 11 is 0. The van der Waals surface area contributed by atoms with E-state index in [4.69, 9.17) is 6.42 Å². The summed E-state index contributed by atoms with van der Waals surface area (Å²) in [5.41, 5.74) is 1.63. The van der Waals surface area contributed by atoms with E-state index in [0.29, 0.717) is 17.8 Å². The molecule has 0 aliphatic carbocycles. The van der Waals surface area contributed by atoms with Crippen molar-refractivity contribution in [2.24, 2.45) is 7.05 Å². The van der Waals surface area contributed by atoms with Gasteiger partial charge in [-0.2, -0.15) is 0 Å². The van der Waals surface area contributed by atoms with E-state index in [9.17, 15) is 14.4 Å². The van der Waals surface area contributed by atoms with Gasteiger partial charge in [0.05, 0.1) is 5.69 Å². The number of carbonyl (C=O) groups is 2. The standard InChI is InChI=1S/C24H21N3O3/c1-3-21(28)27(20-14-15-22(29)26(2)17-20)23(19-12-8-5-9-13-19)24(30)25-16-18-10-6-4-7-11-18/h1,4-15,17,23H,16H2,2H3,(H,25,30).